The summed E-state index contributed by atoms with van der Waals surface area (Å²) in [5.41, 5.74) is 1.11. The van der Waals surface area contributed by atoms with Gasteiger partial charge < -0.3 is 19.7 Å². The van der Waals surface area contributed by atoms with Gasteiger partial charge in [-0.1, -0.05) is 0 Å². The van der Waals surface area contributed by atoms with Crippen molar-refractivity contribution in [1.82, 2.24) is 10.3 Å². The van der Waals surface area contributed by atoms with Crippen molar-refractivity contribution in [3.05, 3.63) is 18.5 Å². The highest BCUT2D eigenvalue weighted by molar-refractivity contribution is 5.48. The van der Waals surface area contributed by atoms with Crippen LogP contribution in [0.1, 0.15) is 13.3 Å². The topological polar surface area (TPSA) is 46.6 Å². The molecule has 0 aliphatic carbocycles. The van der Waals surface area contributed by atoms with Crippen molar-refractivity contribution >= 4 is 5.69 Å². The zero-order valence-corrected chi connectivity index (χ0v) is 11.1. The first-order valence-corrected chi connectivity index (χ1v) is 6.40. The van der Waals surface area contributed by atoms with Gasteiger partial charge in [0.25, 0.3) is 0 Å². The smallest absolute Gasteiger partial charge is 0.196 e. The predicted octanol–water partition coefficient (Wildman–Crippen LogP) is 1.25. The lowest BCUT2D eigenvalue weighted by molar-refractivity contribution is -0.0384. The fraction of sp³-hybridized carbons (Fsp3) is 0.615. The van der Waals surface area contributed by atoms with Crippen LogP contribution in [0.2, 0.25) is 0 Å². The summed E-state index contributed by atoms with van der Waals surface area (Å²) >= 11 is 0. The van der Waals surface area contributed by atoms with Crippen LogP contribution in [0.5, 0.6) is 5.75 Å². The Morgan fingerprint density at radius 2 is 2.22 bits per heavy atom. The standard InChI is InChI=1S/C13H21N3O2/c1-11(17-2)18-13-8-12(9-15-10-13)16-6-3-4-14-5-7-16/h8-11,14H,3-7H2,1-2H3. The molecule has 0 saturated carbocycles. The number of hydrogen-bond donors (Lipinski definition) is 1. The molecule has 1 atom stereocenters. The Morgan fingerprint density at radius 1 is 1.33 bits per heavy atom. The molecule has 0 bridgehead atoms. The zero-order chi connectivity index (χ0) is 12.8. The van der Waals surface area contributed by atoms with E-state index >= 15 is 0 Å². The Balaban J connectivity index is 2.05. The van der Waals surface area contributed by atoms with E-state index < -0.39 is 0 Å². The minimum atomic E-state index is -0.257. The van der Waals surface area contributed by atoms with E-state index in [0.29, 0.717) is 0 Å². The SMILES string of the molecule is COC(C)Oc1cncc(N2CCCNCC2)c1. The molecule has 1 aromatic rings. The maximum Gasteiger partial charge on any atom is 0.196 e. The summed E-state index contributed by atoms with van der Waals surface area (Å²) in [6.45, 7) is 6.02. The Hall–Kier alpha value is -1.33. The van der Waals surface area contributed by atoms with Gasteiger partial charge in [0.1, 0.15) is 5.75 Å². The summed E-state index contributed by atoms with van der Waals surface area (Å²) in [5, 5.41) is 3.39. The number of rotatable bonds is 4. The molecule has 1 N–H and O–H groups in total. The molecule has 0 spiro atoms. The van der Waals surface area contributed by atoms with E-state index in [2.05, 4.69) is 15.2 Å². The highest BCUT2D eigenvalue weighted by Crippen LogP contribution is 2.21. The summed E-state index contributed by atoms with van der Waals surface area (Å²) in [7, 11) is 1.63. The van der Waals surface area contributed by atoms with E-state index in [9.17, 15) is 0 Å². The Morgan fingerprint density at radius 3 is 3.06 bits per heavy atom. The normalized spacial score (nSPS) is 18.2. The van der Waals surface area contributed by atoms with Crippen molar-refractivity contribution in [2.24, 2.45) is 0 Å². The van der Waals surface area contributed by atoms with Crippen molar-refractivity contribution in [3.8, 4) is 5.75 Å². The molecule has 2 heterocycles. The van der Waals surface area contributed by atoms with Crippen LogP contribution in [0, 0.1) is 0 Å². The van der Waals surface area contributed by atoms with E-state index in [1.165, 1.54) is 0 Å². The minimum Gasteiger partial charge on any atom is -0.464 e. The van der Waals surface area contributed by atoms with Crippen molar-refractivity contribution in [3.63, 3.8) is 0 Å². The lowest BCUT2D eigenvalue weighted by Gasteiger charge is -2.22. The van der Waals surface area contributed by atoms with Crippen molar-refractivity contribution in [2.75, 3.05) is 38.2 Å². The number of methoxy groups -OCH3 is 1. The van der Waals surface area contributed by atoms with Crippen LogP contribution >= 0.6 is 0 Å². The number of pyridine rings is 1. The number of hydrogen-bond acceptors (Lipinski definition) is 5. The second kappa shape index (κ2) is 6.56. The quantitative estimate of drug-likeness (QED) is 0.816. The van der Waals surface area contributed by atoms with Crippen molar-refractivity contribution in [2.45, 2.75) is 19.6 Å². The minimum absolute atomic E-state index is 0.257. The Kier molecular flexibility index (Phi) is 4.78. The van der Waals surface area contributed by atoms with Gasteiger partial charge in [0.2, 0.25) is 0 Å². The van der Waals surface area contributed by atoms with Crippen LogP contribution in [0.15, 0.2) is 18.5 Å². The molecule has 100 valence electrons. The summed E-state index contributed by atoms with van der Waals surface area (Å²) in [6.07, 6.45) is 4.50. The van der Waals surface area contributed by atoms with Crippen LogP contribution in [0.4, 0.5) is 5.69 Å². The molecule has 5 heteroatoms. The van der Waals surface area contributed by atoms with E-state index in [0.717, 1.165) is 44.0 Å². The summed E-state index contributed by atoms with van der Waals surface area (Å²) in [5.74, 6) is 0.749. The fourth-order valence-corrected chi connectivity index (χ4v) is 1.99. The third kappa shape index (κ3) is 3.58. The van der Waals surface area contributed by atoms with Gasteiger partial charge in [0.05, 0.1) is 18.1 Å². The van der Waals surface area contributed by atoms with Crippen molar-refractivity contribution < 1.29 is 9.47 Å². The molecule has 18 heavy (non-hydrogen) atoms. The largest absolute Gasteiger partial charge is 0.464 e. The molecule has 0 amide bonds. The maximum absolute atomic E-state index is 5.60. The first kappa shape index (κ1) is 13.1. The first-order chi connectivity index (χ1) is 8.79. The lowest BCUT2D eigenvalue weighted by Crippen LogP contribution is -2.28. The lowest BCUT2D eigenvalue weighted by atomic mass is 10.3. The highest BCUT2D eigenvalue weighted by atomic mass is 16.7. The summed E-state index contributed by atoms with van der Waals surface area (Å²) in [6, 6.07) is 2.02. The van der Waals surface area contributed by atoms with Crippen LogP contribution in [0.25, 0.3) is 0 Å². The van der Waals surface area contributed by atoms with Gasteiger partial charge in [-0.3, -0.25) is 4.98 Å². The van der Waals surface area contributed by atoms with Crippen LogP contribution in [0.3, 0.4) is 0 Å². The van der Waals surface area contributed by atoms with Crippen LogP contribution < -0.4 is 15.0 Å². The first-order valence-electron chi connectivity index (χ1n) is 6.40. The average Bonchev–Trinajstić information content (AvgIpc) is 2.68. The monoisotopic (exact) mass is 251 g/mol. The maximum atomic E-state index is 5.60. The molecule has 5 nitrogen and oxygen atoms in total. The molecular weight excluding hydrogens is 230 g/mol. The van der Waals surface area contributed by atoms with Gasteiger partial charge >= 0.3 is 0 Å². The van der Waals surface area contributed by atoms with Gasteiger partial charge in [0, 0.05) is 32.8 Å². The molecule has 1 aromatic heterocycles. The number of nitrogens with one attached hydrogen (secondary N) is 1. The van der Waals surface area contributed by atoms with Crippen LogP contribution in [-0.4, -0.2) is 44.6 Å². The molecule has 1 aliphatic heterocycles. The third-order valence-corrected chi connectivity index (χ3v) is 3.04. The van der Waals surface area contributed by atoms with Crippen molar-refractivity contribution in [1.29, 1.82) is 0 Å². The molecule has 0 aromatic carbocycles. The highest BCUT2D eigenvalue weighted by Gasteiger charge is 2.11. The second-order valence-corrected chi connectivity index (χ2v) is 4.39. The molecular formula is C13H21N3O2. The van der Waals surface area contributed by atoms with E-state index in [-0.39, 0.29) is 6.29 Å². The molecule has 1 unspecified atom stereocenters. The van der Waals surface area contributed by atoms with Crippen LogP contribution in [-0.2, 0) is 4.74 Å². The molecule has 2 rings (SSSR count). The predicted molar refractivity (Wildman–Crippen MR) is 71.0 cm³/mol. The third-order valence-electron chi connectivity index (χ3n) is 3.04. The zero-order valence-electron chi connectivity index (χ0n) is 11.1. The van der Waals surface area contributed by atoms with Gasteiger partial charge in [0.15, 0.2) is 6.29 Å². The average molecular weight is 251 g/mol. The molecule has 1 fully saturated rings. The Bertz CT molecular complexity index is 365. The van der Waals surface area contributed by atoms with E-state index in [1.54, 1.807) is 13.3 Å². The fourth-order valence-electron chi connectivity index (χ4n) is 1.99. The number of ether oxygens (including phenoxy) is 2. The molecule has 1 aliphatic rings. The van der Waals surface area contributed by atoms with E-state index in [1.807, 2.05) is 19.2 Å². The van der Waals surface area contributed by atoms with Gasteiger partial charge in [-0.25, -0.2) is 0 Å². The number of anilines is 1. The van der Waals surface area contributed by atoms with Gasteiger partial charge in [-0.15, -0.1) is 0 Å². The summed E-state index contributed by atoms with van der Waals surface area (Å²) < 4.78 is 10.7. The molecule has 1 saturated heterocycles. The van der Waals surface area contributed by atoms with E-state index in [4.69, 9.17) is 9.47 Å². The van der Waals surface area contributed by atoms with Gasteiger partial charge in [-0.2, -0.15) is 0 Å². The number of aromatic nitrogens is 1. The summed E-state index contributed by atoms with van der Waals surface area (Å²) in [4.78, 5) is 6.57. The number of nitrogens with zero attached hydrogens (tertiary/aromatic N) is 2. The second-order valence-electron chi connectivity index (χ2n) is 4.39. The Labute approximate surface area is 108 Å². The van der Waals surface area contributed by atoms with Gasteiger partial charge in [-0.05, 0) is 19.9 Å². The molecule has 0 radical (unpaired) electrons.